The highest BCUT2D eigenvalue weighted by molar-refractivity contribution is 5.33. The Morgan fingerprint density at radius 1 is 1.21 bits per heavy atom. The van der Waals surface area contributed by atoms with Gasteiger partial charge in [-0.3, -0.25) is 9.97 Å². The van der Waals surface area contributed by atoms with Gasteiger partial charge in [0.05, 0.1) is 5.69 Å². The van der Waals surface area contributed by atoms with Crippen LogP contribution in [0, 0.1) is 20.8 Å². The van der Waals surface area contributed by atoms with Gasteiger partial charge in [-0.05, 0) is 57.0 Å². The van der Waals surface area contributed by atoms with Crippen molar-refractivity contribution < 1.29 is 0 Å². The highest BCUT2D eigenvalue weighted by Gasteiger charge is 2.12. The summed E-state index contributed by atoms with van der Waals surface area (Å²) in [5.41, 5.74) is 5.84. The summed E-state index contributed by atoms with van der Waals surface area (Å²) < 4.78 is 0. The molecule has 3 heteroatoms. The molecule has 2 aromatic rings. The quantitative estimate of drug-likeness (QED) is 0.911. The van der Waals surface area contributed by atoms with Gasteiger partial charge in [-0.25, -0.2) is 0 Å². The normalized spacial score (nSPS) is 12.4. The Kier molecular flexibility index (Phi) is 4.27. The van der Waals surface area contributed by atoms with E-state index in [2.05, 4.69) is 42.1 Å². The summed E-state index contributed by atoms with van der Waals surface area (Å²) in [5, 5.41) is 3.51. The number of nitrogens with one attached hydrogen (secondary N) is 1. The maximum absolute atomic E-state index is 4.55. The fourth-order valence-electron chi connectivity index (χ4n) is 2.55. The second-order valence-electron chi connectivity index (χ2n) is 5.00. The van der Waals surface area contributed by atoms with Crippen molar-refractivity contribution in [2.75, 3.05) is 0 Å². The smallest absolute Gasteiger partial charge is 0.0541 e. The lowest BCUT2D eigenvalue weighted by atomic mass is 10.0. The van der Waals surface area contributed by atoms with Gasteiger partial charge in [0, 0.05) is 30.2 Å². The van der Waals surface area contributed by atoms with Crippen molar-refractivity contribution in [3.8, 4) is 0 Å². The van der Waals surface area contributed by atoms with E-state index in [1.807, 2.05) is 31.3 Å². The third-order valence-corrected chi connectivity index (χ3v) is 3.33. The lowest BCUT2D eigenvalue weighted by molar-refractivity contribution is 0.560. The molecule has 19 heavy (non-hydrogen) atoms. The lowest BCUT2D eigenvalue weighted by Crippen LogP contribution is -2.21. The summed E-state index contributed by atoms with van der Waals surface area (Å²) in [5.74, 6) is 0. The first kappa shape index (κ1) is 13.7. The van der Waals surface area contributed by atoms with Crippen molar-refractivity contribution in [1.29, 1.82) is 0 Å². The topological polar surface area (TPSA) is 37.8 Å². The molecule has 0 aliphatic heterocycles. The van der Waals surface area contributed by atoms with E-state index in [1.54, 1.807) is 0 Å². The Morgan fingerprint density at radius 2 is 2.00 bits per heavy atom. The van der Waals surface area contributed by atoms with Gasteiger partial charge in [0.1, 0.15) is 0 Å². The van der Waals surface area contributed by atoms with Crippen LogP contribution in [-0.2, 0) is 6.54 Å². The first-order valence-electron chi connectivity index (χ1n) is 6.66. The first-order valence-corrected chi connectivity index (χ1v) is 6.66. The highest BCUT2D eigenvalue weighted by Crippen LogP contribution is 2.21. The van der Waals surface area contributed by atoms with Gasteiger partial charge in [0.25, 0.3) is 0 Å². The molecular formula is C16H21N3. The second-order valence-corrected chi connectivity index (χ2v) is 5.00. The van der Waals surface area contributed by atoms with Crippen LogP contribution in [0.2, 0.25) is 0 Å². The minimum atomic E-state index is 0.273. The van der Waals surface area contributed by atoms with E-state index in [0.29, 0.717) is 0 Å². The van der Waals surface area contributed by atoms with Crippen molar-refractivity contribution in [3.63, 3.8) is 0 Å². The zero-order valence-corrected chi connectivity index (χ0v) is 12.1. The van der Waals surface area contributed by atoms with Crippen LogP contribution < -0.4 is 5.32 Å². The summed E-state index contributed by atoms with van der Waals surface area (Å²) in [6.07, 6.45) is 1.83. The number of hydrogen-bond donors (Lipinski definition) is 1. The van der Waals surface area contributed by atoms with Crippen LogP contribution in [-0.4, -0.2) is 9.97 Å². The minimum absolute atomic E-state index is 0.273. The largest absolute Gasteiger partial charge is 0.304 e. The molecule has 0 fully saturated rings. The average molecular weight is 255 g/mol. The van der Waals surface area contributed by atoms with E-state index in [-0.39, 0.29) is 6.04 Å². The van der Waals surface area contributed by atoms with Gasteiger partial charge < -0.3 is 5.32 Å². The summed E-state index contributed by atoms with van der Waals surface area (Å²) in [7, 11) is 0. The minimum Gasteiger partial charge on any atom is -0.304 e. The van der Waals surface area contributed by atoms with Crippen LogP contribution in [0.3, 0.4) is 0 Å². The van der Waals surface area contributed by atoms with Gasteiger partial charge in [-0.15, -0.1) is 0 Å². The average Bonchev–Trinajstić information content (AvgIpc) is 2.36. The molecule has 0 amide bonds. The fourth-order valence-corrected chi connectivity index (χ4v) is 2.55. The third-order valence-electron chi connectivity index (χ3n) is 3.33. The molecule has 0 aliphatic carbocycles. The van der Waals surface area contributed by atoms with E-state index in [0.717, 1.165) is 23.6 Å². The van der Waals surface area contributed by atoms with Crippen LogP contribution in [0.4, 0.5) is 0 Å². The SMILES string of the molecule is Cc1cc(C)c(C(C)NCc2ccccn2)c(C)n1. The molecule has 0 bridgehead atoms. The van der Waals surface area contributed by atoms with Gasteiger partial charge in [0.2, 0.25) is 0 Å². The molecule has 0 aliphatic rings. The monoisotopic (exact) mass is 255 g/mol. The number of aromatic nitrogens is 2. The van der Waals surface area contributed by atoms with Gasteiger partial charge in [-0.2, -0.15) is 0 Å². The zero-order chi connectivity index (χ0) is 13.8. The number of aryl methyl sites for hydroxylation is 3. The lowest BCUT2D eigenvalue weighted by Gasteiger charge is -2.19. The summed E-state index contributed by atoms with van der Waals surface area (Å²) in [4.78, 5) is 8.88. The van der Waals surface area contributed by atoms with Crippen LogP contribution >= 0.6 is 0 Å². The van der Waals surface area contributed by atoms with E-state index in [9.17, 15) is 0 Å². The summed E-state index contributed by atoms with van der Waals surface area (Å²) >= 11 is 0. The Labute approximate surface area is 115 Å². The van der Waals surface area contributed by atoms with Crippen LogP contribution in [0.25, 0.3) is 0 Å². The van der Waals surface area contributed by atoms with E-state index in [1.165, 1.54) is 11.1 Å². The van der Waals surface area contributed by atoms with Gasteiger partial charge in [-0.1, -0.05) is 6.07 Å². The Bertz CT molecular complexity index is 526. The van der Waals surface area contributed by atoms with Gasteiger partial charge in [0.15, 0.2) is 0 Å². The second kappa shape index (κ2) is 5.93. The molecule has 0 saturated carbocycles. The Balaban J connectivity index is 2.10. The van der Waals surface area contributed by atoms with Crippen molar-refractivity contribution >= 4 is 0 Å². The molecule has 1 unspecified atom stereocenters. The predicted molar refractivity (Wildman–Crippen MR) is 77.9 cm³/mol. The van der Waals surface area contributed by atoms with Crippen molar-refractivity contribution in [3.05, 3.63) is 58.7 Å². The molecule has 1 atom stereocenters. The van der Waals surface area contributed by atoms with Crippen LogP contribution in [0.5, 0.6) is 0 Å². The molecular weight excluding hydrogens is 234 g/mol. The molecule has 100 valence electrons. The van der Waals surface area contributed by atoms with Crippen LogP contribution in [0.15, 0.2) is 30.5 Å². The molecule has 2 heterocycles. The van der Waals surface area contributed by atoms with Crippen molar-refractivity contribution in [2.45, 2.75) is 40.3 Å². The van der Waals surface area contributed by atoms with E-state index >= 15 is 0 Å². The third kappa shape index (κ3) is 3.38. The number of nitrogens with zero attached hydrogens (tertiary/aromatic N) is 2. The molecule has 0 saturated heterocycles. The number of pyridine rings is 2. The molecule has 0 spiro atoms. The maximum Gasteiger partial charge on any atom is 0.0541 e. The summed E-state index contributed by atoms with van der Waals surface area (Å²) in [6, 6.07) is 8.40. The maximum atomic E-state index is 4.55. The first-order chi connectivity index (χ1) is 9.08. The van der Waals surface area contributed by atoms with E-state index < -0.39 is 0 Å². The van der Waals surface area contributed by atoms with Gasteiger partial charge >= 0.3 is 0 Å². The van der Waals surface area contributed by atoms with Crippen LogP contribution in [0.1, 0.15) is 41.2 Å². The molecule has 0 radical (unpaired) electrons. The Hall–Kier alpha value is -1.74. The standard InChI is InChI=1S/C16H21N3/c1-11-9-12(2)19-14(4)16(11)13(3)18-10-15-7-5-6-8-17-15/h5-9,13,18H,10H2,1-4H3. The molecule has 1 N–H and O–H groups in total. The molecule has 2 aromatic heterocycles. The number of hydrogen-bond acceptors (Lipinski definition) is 3. The zero-order valence-electron chi connectivity index (χ0n) is 12.1. The van der Waals surface area contributed by atoms with Crippen molar-refractivity contribution in [2.24, 2.45) is 0 Å². The highest BCUT2D eigenvalue weighted by atomic mass is 14.9. The molecule has 2 rings (SSSR count). The number of rotatable bonds is 4. The van der Waals surface area contributed by atoms with E-state index in [4.69, 9.17) is 0 Å². The predicted octanol–water partition coefficient (Wildman–Crippen LogP) is 3.25. The Morgan fingerprint density at radius 3 is 2.63 bits per heavy atom. The molecule has 3 nitrogen and oxygen atoms in total. The summed E-state index contributed by atoms with van der Waals surface area (Å²) in [6.45, 7) is 9.21. The van der Waals surface area contributed by atoms with Crippen molar-refractivity contribution in [1.82, 2.24) is 15.3 Å². The molecule has 0 aromatic carbocycles. The fraction of sp³-hybridized carbons (Fsp3) is 0.375.